The van der Waals surface area contributed by atoms with Gasteiger partial charge in [-0.2, -0.15) is 4.31 Å². The maximum Gasteiger partial charge on any atom is 0.260 e. The Morgan fingerprint density at radius 1 is 0.950 bits per heavy atom. The minimum absolute atomic E-state index is 0.0612. The number of aromatic nitrogens is 4. The highest BCUT2D eigenvalue weighted by molar-refractivity contribution is 7.89. The van der Waals surface area contributed by atoms with Crippen LogP contribution in [0.5, 0.6) is 0 Å². The molecule has 0 unspecified atom stereocenters. The topological polar surface area (TPSA) is 111 Å². The van der Waals surface area contributed by atoms with E-state index < -0.39 is 15.6 Å². The smallest absolute Gasteiger partial charge is 0.260 e. The lowest BCUT2D eigenvalue weighted by atomic mass is 9.91. The Labute approximate surface area is 241 Å². The Hall–Kier alpha value is -3.35. The number of ether oxygens (including phenoxy) is 1. The summed E-state index contributed by atoms with van der Waals surface area (Å²) >= 11 is 12.6. The molecule has 13 heteroatoms. The second kappa shape index (κ2) is 10.2. The molecule has 2 aromatic heterocycles. The van der Waals surface area contributed by atoms with Crippen molar-refractivity contribution in [1.29, 1.82) is 0 Å². The maximum atomic E-state index is 14.3. The summed E-state index contributed by atoms with van der Waals surface area (Å²) < 4.78 is 35.9. The number of carbonyl (C=O) groups excluding carboxylic acids is 1. The van der Waals surface area contributed by atoms with Gasteiger partial charge in [0.05, 0.1) is 25.1 Å². The van der Waals surface area contributed by atoms with Crippen LogP contribution in [0.1, 0.15) is 12.5 Å². The number of nitrogens with zero attached hydrogens (tertiary/aromatic N) is 6. The number of hydrogen-bond acceptors (Lipinski definition) is 7. The first kappa shape index (κ1) is 26.9. The van der Waals surface area contributed by atoms with Crippen molar-refractivity contribution in [1.82, 2.24) is 23.8 Å². The predicted octanol–water partition coefficient (Wildman–Crippen LogP) is 4.30. The van der Waals surface area contributed by atoms with E-state index in [0.29, 0.717) is 28.9 Å². The maximum absolute atomic E-state index is 14.3. The Bertz CT molecular complexity index is 1670. The van der Waals surface area contributed by atoms with E-state index in [-0.39, 0.29) is 36.4 Å². The van der Waals surface area contributed by atoms with Crippen molar-refractivity contribution in [2.45, 2.75) is 23.9 Å². The fourth-order valence-corrected chi connectivity index (χ4v) is 7.30. The van der Waals surface area contributed by atoms with Gasteiger partial charge >= 0.3 is 0 Å². The van der Waals surface area contributed by atoms with E-state index in [4.69, 9.17) is 27.9 Å². The normalized spacial score (nSPS) is 19.7. The van der Waals surface area contributed by atoms with Crippen LogP contribution in [0.2, 0.25) is 10.0 Å². The number of benzene rings is 2. The lowest BCUT2D eigenvalue weighted by Gasteiger charge is -2.30. The first-order chi connectivity index (χ1) is 19.2. The minimum Gasteiger partial charge on any atom is -0.379 e. The van der Waals surface area contributed by atoms with Gasteiger partial charge in [-0.05, 0) is 36.2 Å². The van der Waals surface area contributed by atoms with E-state index in [1.165, 1.54) is 26.3 Å². The fraction of sp³-hybridized carbons (Fsp3) is 0.259. The van der Waals surface area contributed by atoms with Crippen LogP contribution in [0.15, 0.2) is 72.4 Å². The van der Waals surface area contributed by atoms with Gasteiger partial charge in [-0.25, -0.2) is 28.3 Å². The summed E-state index contributed by atoms with van der Waals surface area (Å²) in [6, 6.07) is 12.4. The zero-order valence-electron chi connectivity index (χ0n) is 21.4. The molecule has 1 fully saturated rings. The summed E-state index contributed by atoms with van der Waals surface area (Å²) in [6.45, 7) is 2.74. The highest BCUT2D eigenvalue weighted by atomic mass is 35.5. The van der Waals surface area contributed by atoms with Crippen LogP contribution in [0.4, 0.5) is 11.6 Å². The van der Waals surface area contributed by atoms with Gasteiger partial charge in [0, 0.05) is 47.5 Å². The number of rotatable bonds is 6. The van der Waals surface area contributed by atoms with Crippen molar-refractivity contribution in [3.05, 3.63) is 83.0 Å². The van der Waals surface area contributed by atoms with Gasteiger partial charge in [0.1, 0.15) is 11.9 Å². The van der Waals surface area contributed by atoms with E-state index in [2.05, 4.69) is 15.0 Å². The van der Waals surface area contributed by atoms with Gasteiger partial charge in [-0.1, -0.05) is 47.5 Å². The summed E-state index contributed by atoms with van der Waals surface area (Å²) in [7, 11) is -3.99. The molecule has 4 aromatic rings. The summed E-state index contributed by atoms with van der Waals surface area (Å²) in [5, 5.41) is 0.612. The minimum atomic E-state index is -3.99. The third-order valence-electron chi connectivity index (χ3n) is 7.14. The molecule has 1 saturated heterocycles. The molecule has 4 heterocycles. The summed E-state index contributed by atoms with van der Waals surface area (Å²) in [5.74, 6) is -0.177. The van der Waals surface area contributed by atoms with Crippen molar-refractivity contribution in [3.8, 4) is 11.1 Å². The standard InChI is InChI=1S/C27H24Cl2N6O4S/c1-27(13-18-2-4-19(5-3-18)20-14-30-17-31-15-20)25(36)34(23-11-21(28)10-22(29)12-23)26-32-16-24(35(26)27)40(37,38)33-6-8-39-9-7-33/h2-5,10-12,14-17H,6-9,13H2,1H3/t27-/m1/s1. The molecule has 1 atom stereocenters. The van der Waals surface area contributed by atoms with Crippen molar-refractivity contribution in [2.75, 3.05) is 31.2 Å². The second-order valence-electron chi connectivity index (χ2n) is 9.79. The molecule has 0 N–H and O–H groups in total. The molecule has 2 aliphatic rings. The number of halogens is 2. The quantitative estimate of drug-likeness (QED) is 0.325. The van der Waals surface area contributed by atoms with Crippen LogP contribution in [-0.2, 0) is 31.5 Å². The van der Waals surface area contributed by atoms with Crippen molar-refractivity contribution >= 4 is 50.8 Å². The predicted molar refractivity (Wildman–Crippen MR) is 150 cm³/mol. The monoisotopic (exact) mass is 598 g/mol. The SMILES string of the molecule is C[C@@]1(Cc2ccc(-c3cncnc3)cc2)C(=O)N(c2cc(Cl)cc(Cl)c2)c2ncc(S(=O)(=O)N3CCOCC3)n21. The number of carbonyl (C=O) groups is 1. The van der Waals surface area contributed by atoms with E-state index in [1.807, 2.05) is 24.3 Å². The highest BCUT2D eigenvalue weighted by Gasteiger charge is 2.52. The van der Waals surface area contributed by atoms with Crippen LogP contribution in [-0.4, -0.2) is 64.5 Å². The summed E-state index contributed by atoms with van der Waals surface area (Å²) in [5.41, 5.74) is 1.68. The molecule has 0 spiro atoms. The Morgan fingerprint density at radius 3 is 2.25 bits per heavy atom. The molecule has 0 bridgehead atoms. The van der Waals surface area contributed by atoms with Gasteiger partial charge in [0.2, 0.25) is 5.95 Å². The van der Waals surface area contributed by atoms with Crippen LogP contribution in [0.25, 0.3) is 11.1 Å². The first-order valence-electron chi connectivity index (χ1n) is 12.5. The molecule has 0 radical (unpaired) electrons. The molecule has 40 heavy (non-hydrogen) atoms. The van der Waals surface area contributed by atoms with Crippen LogP contribution in [0.3, 0.4) is 0 Å². The average Bonchev–Trinajstić information content (AvgIpc) is 3.48. The van der Waals surface area contributed by atoms with E-state index >= 15 is 0 Å². The number of morpholine rings is 1. The van der Waals surface area contributed by atoms with E-state index in [1.54, 1.807) is 37.5 Å². The van der Waals surface area contributed by atoms with E-state index in [9.17, 15) is 13.2 Å². The number of hydrogen-bond donors (Lipinski definition) is 0. The van der Waals surface area contributed by atoms with Gasteiger partial charge in [0.15, 0.2) is 5.03 Å². The third kappa shape index (κ3) is 4.57. The molecule has 2 aliphatic heterocycles. The molecule has 206 valence electrons. The number of fused-ring (bicyclic) bond motifs is 1. The van der Waals surface area contributed by atoms with Crippen molar-refractivity contribution in [2.24, 2.45) is 0 Å². The van der Waals surface area contributed by atoms with Gasteiger partial charge in [0.25, 0.3) is 15.9 Å². The molecular formula is C27H24Cl2N6O4S. The zero-order valence-corrected chi connectivity index (χ0v) is 23.7. The fourth-order valence-electron chi connectivity index (χ4n) is 5.19. The number of sulfonamides is 1. The Balaban J connectivity index is 1.45. The largest absolute Gasteiger partial charge is 0.379 e. The van der Waals surface area contributed by atoms with Crippen LogP contribution in [0, 0.1) is 0 Å². The number of amides is 1. The van der Waals surface area contributed by atoms with Gasteiger partial charge in [-0.15, -0.1) is 0 Å². The first-order valence-corrected chi connectivity index (χ1v) is 14.7. The van der Waals surface area contributed by atoms with Crippen LogP contribution < -0.4 is 4.90 Å². The lowest BCUT2D eigenvalue weighted by Crippen LogP contribution is -2.45. The van der Waals surface area contributed by atoms with Crippen molar-refractivity contribution < 1.29 is 17.9 Å². The molecule has 6 rings (SSSR count). The lowest BCUT2D eigenvalue weighted by molar-refractivity contribution is -0.124. The molecule has 2 aromatic carbocycles. The molecule has 10 nitrogen and oxygen atoms in total. The molecule has 1 amide bonds. The summed E-state index contributed by atoms with van der Waals surface area (Å²) in [6.07, 6.45) is 6.42. The Kier molecular flexibility index (Phi) is 6.87. The van der Waals surface area contributed by atoms with Crippen molar-refractivity contribution in [3.63, 3.8) is 0 Å². The van der Waals surface area contributed by atoms with Crippen LogP contribution >= 0.6 is 23.2 Å². The molecular weight excluding hydrogens is 575 g/mol. The summed E-state index contributed by atoms with van der Waals surface area (Å²) in [4.78, 5) is 28.2. The zero-order chi connectivity index (χ0) is 28.1. The second-order valence-corrected chi connectivity index (χ2v) is 12.5. The average molecular weight is 599 g/mol. The van der Waals surface area contributed by atoms with E-state index in [0.717, 1.165) is 16.7 Å². The third-order valence-corrected chi connectivity index (χ3v) is 9.44. The molecule has 0 aliphatic carbocycles. The number of anilines is 2. The number of imidazole rings is 1. The molecule has 0 saturated carbocycles. The Morgan fingerprint density at radius 2 is 1.60 bits per heavy atom. The highest BCUT2D eigenvalue weighted by Crippen LogP contribution is 2.45. The van der Waals surface area contributed by atoms with Gasteiger partial charge < -0.3 is 4.74 Å². The van der Waals surface area contributed by atoms with Gasteiger partial charge in [-0.3, -0.25) is 9.36 Å².